The summed E-state index contributed by atoms with van der Waals surface area (Å²) in [6, 6.07) is 5.40. The molecule has 0 aromatic carbocycles. The van der Waals surface area contributed by atoms with Crippen LogP contribution in [0.4, 0.5) is 0 Å². The Hall–Kier alpha value is -1.16. The molecule has 1 N–H and O–H groups in total. The van der Waals surface area contributed by atoms with Crippen molar-refractivity contribution in [2.45, 2.75) is 6.92 Å². The zero-order valence-corrected chi connectivity index (χ0v) is 8.55. The Morgan fingerprint density at radius 3 is 3.00 bits per heavy atom. The van der Waals surface area contributed by atoms with Crippen LogP contribution in [-0.2, 0) is 0 Å². The molecule has 4 heteroatoms. The standard InChI is InChI=1S/C9H7BrN2O/c1-5-4-7-6(12-9(5)13)2-3-8(10)11-7/h2-4H,1H3,(H,12,13). The van der Waals surface area contributed by atoms with Crippen molar-refractivity contribution in [1.82, 2.24) is 9.97 Å². The third-order valence-electron chi connectivity index (χ3n) is 1.85. The van der Waals surface area contributed by atoms with Gasteiger partial charge in [0.2, 0.25) is 0 Å². The minimum absolute atomic E-state index is 0.0587. The first-order valence-corrected chi connectivity index (χ1v) is 4.62. The van der Waals surface area contributed by atoms with Crippen molar-refractivity contribution >= 4 is 27.0 Å². The lowest BCUT2D eigenvalue weighted by Gasteiger charge is -1.98. The number of hydrogen-bond donors (Lipinski definition) is 1. The summed E-state index contributed by atoms with van der Waals surface area (Å²) in [5.41, 5.74) is 2.18. The lowest BCUT2D eigenvalue weighted by atomic mass is 10.2. The number of nitrogens with one attached hydrogen (secondary N) is 1. The van der Waals surface area contributed by atoms with E-state index in [1.54, 1.807) is 19.1 Å². The SMILES string of the molecule is Cc1cc2nc(Br)ccc2[nH]c1=O. The topological polar surface area (TPSA) is 45.8 Å². The Labute approximate surface area is 82.9 Å². The van der Waals surface area contributed by atoms with Crippen LogP contribution in [0.1, 0.15) is 5.56 Å². The molecular weight excluding hydrogens is 232 g/mol. The van der Waals surface area contributed by atoms with Gasteiger partial charge in [-0.15, -0.1) is 0 Å². The first-order chi connectivity index (χ1) is 6.16. The Morgan fingerprint density at radius 1 is 1.46 bits per heavy atom. The molecule has 2 aromatic rings. The van der Waals surface area contributed by atoms with Crippen molar-refractivity contribution in [3.8, 4) is 0 Å². The predicted molar refractivity (Wildman–Crippen MR) is 54.8 cm³/mol. The van der Waals surface area contributed by atoms with Gasteiger partial charge in [-0.25, -0.2) is 4.98 Å². The van der Waals surface area contributed by atoms with Gasteiger partial charge < -0.3 is 4.98 Å². The smallest absolute Gasteiger partial charge is 0.251 e. The summed E-state index contributed by atoms with van der Waals surface area (Å²) in [5, 5.41) is 0. The van der Waals surface area contributed by atoms with Crippen molar-refractivity contribution in [2.24, 2.45) is 0 Å². The molecule has 0 spiro atoms. The molecule has 0 aliphatic heterocycles. The predicted octanol–water partition coefficient (Wildman–Crippen LogP) is 1.99. The van der Waals surface area contributed by atoms with Gasteiger partial charge in [0.25, 0.3) is 5.56 Å². The van der Waals surface area contributed by atoms with Crippen molar-refractivity contribution in [3.05, 3.63) is 38.7 Å². The molecule has 13 heavy (non-hydrogen) atoms. The number of aromatic nitrogens is 2. The molecular formula is C9H7BrN2O. The van der Waals surface area contributed by atoms with Crippen LogP contribution in [0, 0.1) is 6.92 Å². The lowest BCUT2D eigenvalue weighted by molar-refractivity contribution is 1.21. The molecule has 0 atom stereocenters. The van der Waals surface area contributed by atoms with E-state index >= 15 is 0 Å². The summed E-state index contributed by atoms with van der Waals surface area (Å²) in [7, 11) is 0. The number of nitrogens with zero attached hydrogens (tertiary/aromatic N) is 1. The molecule has 2 heterocycles. The number of aromatic amines is 1. The van der Waals surface area contributed by atoms with Crippen LogP contribution in [0.5, 0.6) is 0 Å². The molecule has 3 nitrogen and oxygen atoms in total. The first kappa shape index (κ1) is 8.44. The molecule has 0 fully saturated rings. The summed E-state index contributed by atoms with van der Waals surface area (Å²) < 4.78 is 0.770. The van der Waals surface area contributed by atoms with Crippen LogP contribution < -0.4 is 5.56 Å². The molecule has 0 aliphatic rings. The minimum Gasteiger partial charge on any atom is -0.320 e. The van der Waals surface area contributed by atoms with Crippen molar-refractivity contribution in [2.75, 3.05) is 0 Å². The number of H-pyrrole nitrogens is 1. The average Bonchev–Trinajstić information content (AvgIpc) is 2.08. The molecule has 0 aliphatic carbocycles. The van der Waals surface area contributed by atoms with E-state index in [0.29, 0.717) is 5.56 Å². The van der Waals surface area contributed by atoms with Crippen LogP contribution in [0.3, 0.4) is 0 Å². The van der Waals surface area contributed by atoms with E-state index < -0.39 is 0 Å². The lowest BCUT2D eigenvalue weighted by Crippen LogP contribution is -2.08. The van der Waals surface area contributed by atoms with Crippen LogP contribution in [0.15, 0.2) is 27.6 Å². The number of fused-ring (bicyclic) bond motifs is 1. The maximum absolute atomic E-state index is 11.2. The molecule has 2 aromatic heterocycles. The number of pyridine rings is 2. The second-order valence-electron chi connectivity index (χ2n) is 2.85. The average molecular weight is 239 g/mol. The van der Waals surface area contributed by atoms with Crippen molar-refractivity contribution in [3.63, 3.8) is 0 Å². The van der Waals surface area contributed by atoms with Gasteiger partial charge in [0, 0.05) is 5.56 Å². The number of aryl methyl sites for hydroxylation is 1. The molecule has 66 valence electrons. The zero-order chi connectivity index (χ0) is 9.42. The molecule has 0 saturated heterocycles. The normalized spacial score (nSPS) is 10.6. The van der Waals surface area contributed by atoms with E-state index in [9.17, 15) is 4.79 Å². The Morgan fingerprint density at radius 2 is 2.23 bits per heavy atom. The maximum Gasteiger partial charge on any atom is 0.251 e. The highest BCUT2D eigenvalue weighted by molar-refractivity contribution is 9.10. The van der Waals surface area contributed by atoms with Gasteiger partial charge in [-0.1, -0.05) is 0 Å². The van der Waals surface area contributed by atoms with E-state index in [1.807, 2.05) is 6.07 Å². The van der Waals surface area contributed by atoms with Crippen LogP contribution in [0.25, 0.3) is 11.0 Å². The van der Waals surface area contributed by atoms with Gasteiger partial charge in [0.15, 0.2) is 0 Å². The third-order valence-corrected chi connectivity index (χ3v) is 2.29. The van der Waals surface area contributed by atoms with E-state index in [0.717, 1.165) is 15.6 Å². The zero-order valence-electron chi connectivity index (χ0n) is 6.97. The summed E-state index contributed by atoms with van der Waals surface area (Å²) >= 11 is 3.27. The Kier molecular flexibility index (Phi) is 1.92. The molecule has 0 radical (unpaired) electrons. The Balaban J connectivity index is 2.89. The second kappa shape index (κ2) is 2.96. The summed E-state index contributed by atoms with van der Waals surface area (Å²) in [6.07, 6.45) is 0. The maximum atomic E-state index is 11.2. The molecule has 2 rings (SSSR count). The van der Waals surface area contributed by atoms with Gasteiger partial charge in [0.05, 0.1) is 11.0 Å². The second-order valence-corrected chi connectivity index (χ2v) is 3.66. The molecule has 0 saturated carbocycles. The highest BCUT2D eigenvalue weighted by Gasteiger charge is 1.99. The van der Waals surface area contributed by atoms with Crippen LogP contribution >= 0.6 is 15.9 Å². The first-order valence-electron chi connectivity index (χ1n) is 3.83. The largest absolute Gasteiger partial charge is 0.320 e. The van der Waals surface area contributed by atoms with E-state index in [4.69, 9.17) is 0 Å². The monoisotopic (exact) mass is 238 g/mol. The van der Waals surface area contributed by atoms with Crippen LogP contribution in [0.2, 0.25) is 0 Å². The van der Waals surface area contributed by atoms with Crippen molar-refractivity contribution in [1.29, 1.82) is 0 Å². The number of halogens is 1. The summed E-state index contributed by atoms with van der Waals surface area (Å²) in [6.45, 7) is 1.76. The quantitative estimate of drug-likeness (QED) is 0.714. The highest BCUT2D eigenvalue weighted by Crippen LogP contribution is 2.12. The van der Waals surface area contributed by atoms with Crippen LogP contribution in [-0.4, -0.2) is 9.97 Å². The number of rotatable bonds is 0. The molecule has 0 amide bonds. The molecule has 0 bridgehead atoms. The van der Waals surface area contributed by atoms with Gasteiger partial charge in [-0.2, -0.15) is 0 Å². The fourth-order valence-corrected chi connectivity index (χ4v) is 1.48. The van der Waals surface area contributed by atoms with E-state index in [1.165, 1.54) is 0 Å². The number of hydrogen-bond acceptors (Lipinski definition) is 2. The van der Waals surface area contributed by atoms with Gasteiger partial charge in [-0.05, 0) is 41.1 Å². The van der Waals surface area contributed by atoms with E-state index in [-0.39, 0.29) is 5.56 Å². The molecule has 0 unspecified atom stereocenters. The van der Waals surface area contributed by atoms with Gasteiger partial charge in [0.1, 0.15) is 4.60 Å². The van der Waals surface area contributed by atoms with Crippen molar-refractivity contribution < 1.29 is 0 Å². The van der Waals surface area contributed by atoms with Gasteiger partial charge >= 0.3 is 0 Å². The summed E-state index contributed by atoms with van der Waals surface area (Å²) in [5.74, 6) is 0. The fourth-order valence-electron chi connectivity index (χ4n) is 1.16. The van der Waals surface area contributed by atoms with Gasteiger partial charge in [-0.3, -0.25) is 4.79 Å². The van der Waals surface area contributed by atoms with E-state index in [2.05, 4.69) is 25.9 Å². The third kappa shape index (κ3) is 1.49. The highest BCUT2D eigenvalue weighted by atomic mass is 79.9. The minimum atomic E-state index is -0.0587. The summed E-state index contributed by atoms with van der Waals surface area (Å²) in [4.78, 5) is 18.2. The fraction of sp³-hybridized carbons (Fsp3) is 0.111. The Bertz CT molecular complexity index is 518.